The van der Waals surface area contributed by atoms with E-state index in [9.17, 15) is 9.59 Å². The molecule has 6 nitrogen and oxygen atoms in total. The van der Waals surface area contributed by atoms with Gasteiger partial charge < -0.3 is 5.32 Å². The summed E-state index contributed by atoms with van der Waals surface area (Å²) in [6.07, 6.45) is 5.26. The second-order valence-corrected chi connectivity index (χ2v) is 10.3. The number of carbonyl (C=O) groups is 2. The number of thioether (sulfide) groups is 1. The van der Waals surface area contributed by atoms with Crippen molar-refractivity contribution in [3.8, 4) is 11.4 Å². The third-order valence-electron chi connectivity index (χ3n) is 5.48. The Bertz CT molecular complexity index is 1110. The molecule has 0 spiro atoms. The van der Waals surface area contributed by atoms with E-state index in [1.54, 1.807) is 0 Å². The van der Waals surface area contributed by atoms with Gasteiger partial charge in [-0.05, 0) is 43.5 Å². The lowest BCUT2D eigenvalue weighted by Crippen LogP contribution is -2.22. The van der Waals surface area contributed by atoms with Crippen LogP contribution in [0.5, 0.6) is 0 Å². The lowest BCUT2D eigenvalue weighted by atomic mass is 10.2. The van der Waals surface area contributed by atoms with Crippen LogP contribution in [0.1, 0.15) is 53.2 Å². The predicted octanol–water partition coefficient (Wildman–Crippen LogP) is 5.43. The molecule has 1 aromatic carbocycles. The number of Topliss-reactive ketones (excluding diaryl/α,β-unsaturated/α-hetero) is 1. The molecule has 2 heterocycles. The van der Waals surface area contributed by atoms with Crippen LogP contribution in [0.15, 0.2) is 41.6 Å². The van der Waals surface area contributed by atoms with E-state index in [-0.39, 0.29) is 11.7 Å². The Morgan fingerprint density at radius 3 is 2.72 bits per heavy atom. The zero-order chi connectivity index (χ0) is 22.5. The molecule has 1 fully saturated rings. The van der Waals surface area contributed by atoms with Gasteiger partial charge in [0.05, 0.1) is 15.7 Å². The molecule has 3 aromatic rings. The van der Waals surface area contributed by atoms with E-state index < -0.39 is 0 Å². The van der Waals surface area contributed by atoms with E-state index in [1.165, 1.54) is 42.9 Å². The molecule has 1 amide bonds. The van der Waals surface area contributed by atoms with Gasteiger partial charge in [0.2, 0.25) is 5.91 Å². The average molecular weight is 489 g/mol. The summed E-state index contributed by atoms with van der Waals surface area (Å²) >= 11 is 9.37. The number of hydrogen-bond donors (Lipinski definition) is 1. The Hall–Kier alpha value is -2.16. The number of nitrogens with zero attached hydrogens (tertiary/aromatic N) is 3. The summed E-state index contributed by atoms with van der Waals surface area (Å²) in [5.74, 6) is 1.11. The van der Waals surface area contributed by atoms with Crippen LogP contribution in [-0.4, -0.2) is 38.8 Å². The minimum absolute atomic E-state index is 0.0446. The Morgan fingerprint density at radius 2 is 1.97 bits per heavy atom. The highest BCUT2D eigenvalue weighted by molar-refractivity contribution is 7.99. The predicted molar refractivity (Wildman–Crippen MR) is 130 cm³/mol. The molecule has 0 aliphatic heterocycles. The summed E-state index contributed by atoms with van der Waals surface area (Å²) in [5.41, 5.74) is 0.869. The highest BCUT2D eigenvalue weighted by Crippen LogP contribution is 2.38. The van der Waals surface area contributed by atoms with Gasteiger partial charge in [-0.1, -0.05) is 48.3 Å². The molecule has 0 atom stereocenters. The molecule has 2 aromatic heterocycles. The Labute approximate surface area is 200 Å². The molecule has 1 saturated carbocycles. The van der Waals surface area contributed by atoms with Crippen LogP contribution < -0.4 is 5.32 Å². The van der Waals surface area contributed by atoms with Crippen molar-refractivity contribution < 1.29 is 9.59 Å². The molecule has 1 aliphatic carbocycles. The number of nitrogens with one attached hydrogen (secondary N) is 1. The number of rotatable bonds is 9. The summed E-state index contributed by atoms with van der Waals surface area (Å²) in [6, 6.07) is 11.8. The fourth-order valence-corrected chi connectivity index (χ4v) is 6.06. The van der Waals surface area contributed by atoms with Crippen LogP contribution in [-0.2, 0) is 11.2 Å². The van der Waals surface area contributed by atoms with E-state index in [2.05, 4.69) is 20.1 Å². The molecule has 4 rings (SSSR count). The maximum Gasteiger partial charge on any atom is 0.216 e. The first kappa shape index (κ1) is 23.0. The van der Waals surface area contributed by atoms with Crippen molar-refractivity contribution in [2.24, 2.45) is 0 Å². The quantitative estimate of drug-likeness (QED) is 0.321. The van der Waals surface area contributed by atoms with Crippen molar-refractivity contribution in [3.63, 3.8) is 0 Å². The molecule has 0 saturated heterocycles. The standard InChI is InChI=1S/C23H25ClN4O2S2/c1-15(29)25-13-12-17-10-11-21(32-17)20(30)14-31-23-27-26-22(18-8-4-5-9-19(18)24)28(23)16-6-2-3-7-16/h4-5,8-11,16H,2-3,6-7,12-14H2,1H3,(H,25,29). The van der Waals surface area contributed by atoms with Crippen LogP contribution in [0.3, 0.4) is 0 Å². The van der Waals surface area contributed by atoms with Gasteiger partial charge in [0.25, 0.3) is 0 Å². The third kappa shape index (κ3) is 5.42. The summed E-state index contributed by atoms with van der Waals surface area (Å²) in [5, 5.41) is 13.1. The fourth-order valence-electron chi connectivity index (χ4n) is 3.92. The Kier molecular flexibility index (Phi) is 7.65. The number of amides is 1. The van der Waals surface area contributed by atoms with Gasteiger partial charge in [-0.15, -0.1) is 21.5 Å². The molecule has 0 unspecified atom stereocenters. The smallest absolute Gasteiger partial charge is 0.216 e. The van der Waals surface area contributed by atoms with Gasteiger partial charge >= 0.3 is 0 Å². The summed E-state index contributed by atoms with van der Waals surface area (Å²) in [7, 11) is 0. The van der Waals surface area contributed by atoms with E-state index in [4.69, 9.17) is 11.6 Å². The normalized spacial score (nSPS) is 14.1. The number of halogens is 1. The van der Waals surface area contributed by atoms with E-state index >= 15 is 0 Å². The molecule has 0 radical (unpaired) electrons. The molecule has 168 valence electrons. The maximum absolute atomic E-state index is 12.8. The SMILES string of the molecule is CC(=O)NCCc1ccc(C(=O)CSc2nnc(-c3ccccc3Cl)n2C2CCCC2)s1. The Balaban J connectivity index is 1.47. The van der Waals surface area contributed by atoms with Crippen molar-refractivity contribution in [2.45, 2.75) is 50.2 Å². The Morgan fingerprint density at radius 1 is 1.19 bits per heavy atom. The van der Waals surface area contributed by atoms with Crippen molar-refractivity contribution in [3.05, 3.63) is 51.2 Å². The number of hydrogen-bond acceptors (Lipinski definition) is 6. The first-order chi connectivity index (χ1) is 15.5. The van der Waals surface area contributed by atoms with Crippen LogP contribution in [0.25, 0.3) is 11.4 Å². The van der Waals surface area contributed by atoms with Crippen LogP contribution >= 0.6 is 34.7 Å². The lowest BCUT2D eigenvalue weighted by molar-refractivity contribution is -0.118. The number of benzene rings is 1. The maximum atomic E-state index is 12.8. The number of thiophene rings is 1. The molecule has 9 heteroatoms. The highest BCUT2D eigenvalue weighted by atomic mass is 35.5. The zero-order valence-electron chi connectivity index (χ0n) is 17.8. The second-order valence-electron chi connectivity index (χ2n) is 7.81. The summed E-state index contributed by atoms with van der Waals surface area (Å²) in [6.45, 7) is 2.08. The van der Waals surface area contributed by atoms with Crippen molar-refractivity contribution >= 4 is 46.4 Å². The summed E-state index contributed by atoms with van der Waals surface area (Å²) < 4.78 is 2.18. The molecule has 32 heavy (non-hydrogen) atoms. The van der Waals surface area contributed by atoms with Gasteiger partial charge in [0, 0.05) is 30.0 Å². The number of ketones is 1. The first-order valence-corrected chi connectivity index (χ1v) is 12.9. The van der Waals surface area contributed by atoms with Gasteiger partial charge in [0.1, 0.15) is 0 Å². The molecular weight excluding hydrogens is 464 g/mol. The highest BCUT2D eigenvalue weighted by Gasteiger charge is 2.26. The topological polar surface area (TPSA) is 76.9 Å². The van der Waals surface area contributed by atoms with Crippen molar-refractivity contribution in [2.75, 3.05) is 12.3 Å². The minimum Gasteiger partial charge on any atom is -0.356 e. The average Bonchev–Trinajstić information content (AvgIpc) is 3.52. The minimum atomic E-state index is -0.0446. The van der Waals surface area contributed by atoms with Crippen molar-refractivity contribution in [1.29, 1.82) is 0 Å². The summed E-state index contributed by atoms with van der Waals surface area (Å²) in [4.78, 5) is 25.6. The molecule has 0 bridgehead atoms. The van der Waals surface area contributed by atoms with Gasteiger partial charge in [-0.25, -0.2) is 0 Å². The lowest BCUT2D eigenvalue weighted by Gasteiger charge is -2.17. The largest absolute Gasteiger partial charge is 0.356 e. The number of aromatic nitrogens is 3. The fraction of sp³-hybridized carbons (Fsp3) is 0.391. The number of carbonyl (C=O) groups excluding carboxylic acids is 2. The molecular formula is C23H25ClN4O2S2. The van der Waals surface area contributed by atoms with E-state index in [0.29, 0.717) is 23.4 Å². The van der Waals surface area contributed by atoms with Gasteiger partial charge in [-0.2, -0.15) is 0 Å². The van der Waals surface area contributed by atoms with Crippen LogP contribution in [0, 0.1) is 0 Å². The third-order valence-corrected chi connectivity index (χ3v) is 7.94. The van der Waals surface area contributed by atoms with Crippen LogP contribution in [0.4, 0.5) is 0 Å². The van der Waals surface area contributed by atoms with Crippen molar-refractivity contribution in [1.82, 2.24) is 20.1 Å². The monoisotopic (exact) mass is 488 g/mol. The van der Waals surface area contributed by atoms with E-state index in [1.807, 2.05) is 36.4 Å². The molecule has 1 aliphatic rings. The molecule has 1 N–H and O–H groups in total. The first-order valence-electron chi connectivity index (χ1n) is 10.7. The van der Waals surface area contributed by atoms with E-state index in [0.717, 1.165) is 45.6 Å². The zero-order valence-corrected chi connectivity index (χ0v) is 20.2. The van der Waals surface area contributed by atoms with Gasteiger partial charge in [-0.3, -0.25) is 14.2 Å². The van der Waals surface area contributed by atoms with Gasteiger partial charge in [0.15, 0.2) is 16.8 Å². The second kappa shape index (κ2) is 10.6. The van der Waals surface area contributed by atoms with Crippen LogP contribution in [0.2, 0.25) is 5.02 Å².